The van der Waals surface area contributed by atoms with Crippen LogP contribution in [0.4, 0.5) is 0 Å². The molecule has 0 fully saturated rings. The Balaban J connectivity index is 2.80. The quantitative estimate of drug-likeness (QED) is 0.842. The number of rotatable bonds is 5. The molecule has 0 aromatic heterocycles. The van der Waals surface area contributed by atoms with Crippen molar-refractivity contribution in [2.24, 2.45) is 0 Å². The lowest BCUT2D eigenvalue weighted by molar-refractivity contribution is -0.137. The SMILES string of the molecule is O=C(O)CCOc1ccc(S(=O)(=O)Cl)cc1Cl. The molecule has 94 valence electrons. The summed E-state index contributed by atoms with van der Waals surface area (Å²) in [6, 6.07) is 3.68. The predicted octanol–water partition coefficient (Wildman–Crippen LogP) is 2.12. The number of hydrogen-bond acceptors (Lipinski definition) is 4. The van der Waals surface area contributed by atoms with Crippen LogP contribution in [0.5, 0.6) is 5.75 Å². The summed E-state index contributed by atoms with van der Waals surface area (Å²) < 4.78 is 27.0. The van der Waals surface area contributed by atoms with Crippen LogP contribution in [0.25, 0.3) is 0 Å². The number of aliphatic carboxylic acids is 1. The van der Waals surface area contributed by atoms with Gasteiger partial charge < -0.3 is 9.84 Å². The minimum Gasteiger partial charge on any atom is -0.491 e. The van der Waals surface area contributed by atoms with Crippen LogP contribution in [-0.2, 0) is 13.8 Å². The molecule has 0 radical (unpaired) electrons. The smallest absolute Gasteiger partial charge is 0.306 e. The zero-order valence-electron chi connectivity index (χ0n) is 8.39. The van der Waals surface area contributed by atoms with Gasteiger partial charge in [0.2, 0.25) is 0 Å². The molecule has 0 atom stereocenters. The van der Waals surface area contributed by atoms with E-state index >= 15 is 0 Å². The Hall–Kier alpha value is -0.980. The summed E-state index contributed by atoms with van der Waals surface area (Å²) in [7, 11) is 1.29. The normalized spacial score (nSPS) is 11.2. The average molecular weight is 299 g/mol. The Morgan fingerprint density at radius 2 is 2.06 bits per heavy atom. The molecule has 1 N–H and O–H groups in total. The third kappa shape index (κ3) is 4.41. The lowest BCUT2D eigenvalue weighted by Crippen LogP contribution is -2.05. The van der Waals surface area contributed by atoms with Gasteiger partial charge in [-0.1, -0.05) is 11.6 Å². The number of ether oxygens (including phenoxy) is 1. The third-order valence-corrected chi connectivity index (χ3v) is 3.41. The van der Waals surface area contributed by atoms with E-state index in [1.165, 1.54) is 12.1 Å². The number of hydrogen-bond donors (Lipinski definition) is 1. The minimum absolute atomic E-state index is 0.0529. The van der Waals surface area contributed by atoms with Crippen LogP contribution in [0.3, 0.4) is 0 Å². The number of benzene rings is 1. The highest BCUT2D eigenvalue weighted by Crippen LogP contribution is 2.28. The van der Waals surface area contributed by atoms with E-state index in [2.05, 4.69) is 0 Å². The third-order valence-electron chi connectivity index (χ3n) is 1.76. The summed E-state index contributed by atoms with van der Waals surface area (Å²) in [5.74, 6) is -0.793. The van der Waals surface area contributed by atoms with Crippen molar-refractivity contribution in [2.45, 2.75) is 11.3 Å². The van der Waals surface area contributed by atoms with Gasteiger partial charge in [-0.05, 0) is 18.2 Å². The van der Waals surface area contributed by atoms with E-state index in [0.29, 0.717) is 0 Å². The number of carboxylic acid groups (broad SMARTS) is 1. The Bertz CT molecular complexity index is 526. The van der Waals surface area contributed by atoms with Gasteiger partial charge in [0.05, 0.1) is 22.9 Å². The summed E-state index contributed by atoms with van der Waals surface area (Å²) in [5, 5.41) is 8.45. The first-order valence-electron chi connectivity index (χ1n) is 4.39. The van der Waals surface area contributed by atoms with Crippen molar-refractivity contribution in [3.05, 3.63) is 23.2 Å². The van der Waals surface area contributed by atoms with E-state index in [-0.39, 0.29) is 28.7 Å². The molecular formula is C9H8Cl2O5S. The van der Waals surface area contributed by atoms with E-state index in [1.54, 1.807) is 0 Å². The van der Waals surface area contributed by atoms with E-state index in [0.717, 1.165) is 6.07 Å². The van der Waals surface area contributed by atoms with Crippen LogP contribution in [0.1, 0.15) is 6.42 Å². The van der Waals surface area contributed by atoms with Gasteiger partial charge in [0.25, 0.3) is 9.05 Å². The summed E-state index contributed by atoms with van der Waals surface area (Å²) in [6.45, 7) is -0.0535. The van der Waals surface area contributed by atoms with Crippen LogP contribution in [-0.4, -0.2) is 26.1 Å². The molecule has 5 nitrogen and oxygen atoms in total. The number of halogens is 2. The summed E-state index contributed by atoms with van der Waals surface area (Å²) in [4.78, 5) is 10.1. The largest absolute Gasteiger partial charge is 0.491 e. The standard InChI is InChI=1S/C9H8Cl2O5S/c10-7-5-6(17(11,14)15)1-2-8(7)16-4-3-9(12)13/h1-2,5H,3-4H2,(H,12,13). The first-order valence-corrected chi connectivity index (χ1v) is 7.08. The second-order valence-electron chi connectivity index (χ2n) is 3.02. The van der Waals surface area contributed by atoms with Gasteiger partial charge in [0.1, 0.15) is 5.75 Å². The molecule has 0 heterocycles. The zero-order valence-corrected chi connectivity index (χ0v) is 10.7. The molecule has 17 heavy (non-hydrogen) atoms. The van der Waals surface area contributed by atoms with Crippen molar-refractivity contribution in [1.29, 1.82) is 0 Å². The number of carbonyl (C=O) groups is 1. The first-order chi connectivity index (χ1) is 7.80. The molecule has 0 spiro atoms. The van der Waals surface area contributed by atoms with Gasteiger partial charge >= 0.3 is 5.97 Å². The summed E-state index contributed by atoms with van der Waals surface area (Å²) >= 11 is 5.76. The van der Waals surface area contributed by atoms with Crippen molar-refractivity contribution in [2.75, 3.05) is 6.61 Å². The van der Waals surface area contributed by atoms with E-state index < -0.39 is 15.0 Å². The number of carboxylic acids is 1. The Morgan fingerprint density at radius 1 is 1.41 bits per heavy atom. The van der Waals surface area contributed by atoms with Gasteiger partial charge in [-0.25, -0.2) is 8.42 Å². The Kier molecular flexibility index (Phi) is 4.62. The summed E-state index contributed by atoms with van der Waals surface area (Å²) in [5.41, 5.74) is 0. The van der Waals surface area contributed by atoms with Crippen molar-refractivity contribution in [3.8, 4) is 5.75 Å². The molecule has 1 aromatic carbocycles. The van der Waals surface area contributed by atoms with Gasteiger partial charge in [0.15, 0.2) is 0 Å². The highest BCUT2D eigenvalue weighted by molar-refractivity contribution is 8.13. The monoisotopic (exact) mass is 298 g/mol. The van der Waals surface area contributed by atoms with Crippen LogP contribution >= 0.6 is 22.3 Å². The van der Waals surface area contributed by atoms with E-state index in [1.807, 2.05) is 0 Å². The van der Waals surface area contributed by atoms with Crippen molar-refractivity contribution < 1.29 is 23.1 Å². The van der Waals surface area contributed by atoms with Crippen molar-refractivity contribution in [1.82, 2.24) is 0 Å². The summed E-state index contributed by atoms with van der Waals surface area (Å²) in [6.07, 6.45) is -0.175. The van der Waals surface area contributed by atoms with Crippen LogP contribution < -0.4 is 4.74 Å². The fraction of sp³-hybridized carbons (Fsp3) is 0.222. The molecule has 0 aliphatic rings. The fourth-order valence-electron chi connectivity index (χ4n) is 0.999. The maximum absolute atomic E-state index is 11.0. The Morgan fingerprint density at radius 3 is 2.53 bits per heavy atom. The molecule has 0 saturated heterocycles. The second-order valence-corrected chi connectivity index (χ2v) is 6.00. The van der Waals surface area contributed by atoms with Gasteiger partial charge in [-0.2, -0.15) is 0 Å². The van der Waals surface area contributed by atoms with Crippen molar-refractivity contribution in [3.63, 3.8) is 0 Å². The molecule has 0 bridgehead atoms. The fourth-order valence-corrected chi connectivity index (χ4v) is 2.08. The lowest BCUT2D eigenvalue weighted by atomic mass is 10.3. The van der Waals surface area contributed by atoms with E-state index in [9.17, 15) is 13.2 Å². The van der Waals surface area contributed by atoms with Crippen LogP contribution in [0.2, 0.25) is 5.02 Å². The maximum atomic E-state index is 11.0. The van der Waals surface area contributed by atoms with E-state index in [4.69, 9.17) is 32.1 Å². The van der Waals surface area contributed by atoms with Crippen molar-refractivity contribution >= 4 is 37.3 Å². The molecule has 0 saturated carbocycles. The van der Waals surface area contributed by atoms with Crippen LogP contribution in [0, 0.1) is 0 Å². The highest BCUT2D eigenvalue weighted by atomic mass is 35.7. The van der Waals surface area contributed by atoms with Gasteiger partial charge in [0, 0.05) is 10.7 Å². The zero-order chi connectivity index (χ0) is 13.1. The second kappa shape index (κ2) is 5.57. The molecule has 8 heteroatoms. The van der Waals surface area contributed by atoms with Gasteiger partial charge in [-0.15, -0.1) is 0 Å². The minimum atomic E-state index is -3.84. The molecule has 0 aliphatic carbocycles. The lowest BCUT2D eigenvalue weighted by Gasteiger charge is -2.07. The molecule has 1 aromatic rings. The topological polar surface area (TPSA) is 80.7 Å². The molecular weight excluding hydrogens is 291 g/mol. The Labute approximate surface area is 107 Å². The highest BCUT2D eigenvalue weighted by Gasteiger charge is 2.12. The molecule has 0 amide bonds. The van der Waals surface area contributed by atoms with Gasteiger partial charge in [-0.3, -0.25) is 4.79 Å². The first kappa shape index (κ1) is 14.1. The predicted molar refractivity (Wildman–Crippen MR) is 62.2 cm³/mol. The van der Waals surface area contributed by atoms with Crippen LogP contribution in [0.15, 0.2) is 23.1 Å². The molecule has 0 unspecified atom stereocenters. The maximum Gasteiger partial charge on any atom is 0.306 e. The molecule has 0 aliphatic heterocycles. The molecule has 1 rings (SSSR count). The average Bonchev–Trinajstić information content (AvgIpc) is 2.18.